The maximum absolute atomic E-state index is 11.5. The number of ether oxygens (including phenoxy) is 2. The maximum Gasteiger partial charge on any atom is 0.325 e. The van der Waals surface area contributed by atoms with E-state index in [9.17, 15) is 9.59 Å². The van der Waals surface area contributed by atoms with E-state index in [0.717, 1.165) is 5.56 Å². The largest absolute Gasteiger partial charge is 0.480 e. The van der Waals surface area contributed by atoms with Gasteiger partial charge in [0.15, 0.2) is 11.5 Å². The van der Waals surface area contributed by atoms with Gasteiger partial charge >= 0.3 is 5.97 Å². The number of carbonyl (C=O) groups excluding carboxylic acids is 1. The lowest BCUT2D eigenvalue weighted by atomic mass is 10.1. The van der Waals surface area contributed by atoms with Gasteiger partial charge in [-0.15, -0.1) is 0 Å². The molecule has 0 saturated heterocycles. The summed E-state index contributed by atoms with van der Waals surface area (Å²) in [5.74, 6) is 0.0495. The van der Waals surface area contributed by atoms with Crippen molar-refractivity contribution in [2.75, 3.05) is 6.79 Å². The number of fused-ring (bicyclic) bond motifs is 1. The first-order chi connectivity index (χ1) is 9.06. The number of benzene rings is 1. The molecule has 1 aliphatic heterocycles. The van der Waals surface area contributed by atoms with E-state index in [-0.39, 0.29) is 19.1 Å². The van der Waals surface area contributed by atoms with Crippen LogP contribution in [0.4, 0.5) is 0 Å². The van der Waals surface area contributed by atoms with E-state index in [4.69, 9.17) is 14.6 Å². The van der Waals surface area contributed by atoms with Crippen LogP contribution >= 0.6 is 0 Å². The number of amides is 1. The molecule has 2 rings (SSSR count). The zero-order valence-corrected chi connectivity index (χ0v) is 10.5. The number of hydrogen-bond acceptors (Lipinski definition) is 4. The van der Waals surface area contributed by atoms with E-state index < -0.39 is 12.0 Å². The van der Waals surface area contributed by atoms with E-state index in [0.29, 0.717) is 17.9 Å². The summed E-state index contributed by atoms with van der Waals surface area (Å²) in [6.07, 6.45) is 0.756. The first kappa shape index (κ1) is 13.2. The van der Waals surface area contributed by atoms with Crippen molar-refractivity contribution in [1.82, 2.24) is 5.32 Å². The fourth-order valence-corrected chi connectivity index (χ4v) is 1.73. The molecular weight excluding hydrogens is 250 g/mol. The Labute approximate surface area is 110 Å². The average molecular weight is 265 g/mol. The smallest absolute Gasteiger partial charge is 0.325 e. The molecule has 102 valence electrons. The van der Waals surface area contributed by atoms with Crippen LogP contribution in [0.25, 0.3) is 0 Å². The lowest BCUT2D eigenvalue weighted by molar-refractivity contribution is -0.141. The van der Waals surface area contributed by atoms with Crippen molar-refractivity contribution in [2.24, 2.45) is 0 Å². The average Bonchev–Trinajstić information content (AvgIpc) is 2.83. The molecule has 1 atom stereocenters. The van der Waals surface area contributed by atoms with Crippen LogP contribution in [0.5, 0.6) is 11.5 Å². The van der Waals surface area contributed by atoms with Gasteiger partial charge in [0.05, 0.1) is 0 Å². The fraction of sp³-hybridized carbons (Fsp3) is 0.385. The Bertz CT molecular complexity index is 500. The molecule has 6 nitrogen and oxygen atoms in total. The number of hydrogen-bond donors (Lipinski definition) is 2. The summed E-state index contributed by atoms with van der Waals surface area (Å²) in [5.41, 5.74) is 0.947. The van der Waals surface area contributed by atoms with E-state index in [1.54, 1.807) is 6.07 Å². The van der Waals surface area contributed by atoms with Gasteiger partial charge in [-0.05, 0) is 31.0 Å². The zero-order valence-electron chi connectivity index (χ0n) is 10.5. The highest BCUT2D eigenvalue weighted by molar-refractivity contribution is 5.83. The molecule has 1 amide bonds. The number of aryl methyl sites for hydroxylation is 1. The summed E-state index contributed by atoms with van der Waals surface area (Å²) in [6.45, 7) is 1.65. The van der Waals surface area contributed by atoms with Crippen LogP contribution in [0.1, 0.15) is 18.9 Å². The molecule has 1 aromatic carbocycles. The lowest BCUT2D eigenvalue weighted by Crippen LogP contribution is -2.38. The predicted molar refractivity (Wildman–Crippen MR) is 66.1 cm³/mol. The van der Waals surface area contributed by atoms with Gasteiger partial charge in [0.2, 0.25) is 12.7 Å². The molecule has 1 aromatic rings. The van der Waals surface area contributed by atoms with Gasteiger partial charge in [0.1, 0.15) is 6.04 Å². The van der Waals surface area contributed by atoms with E-state index >= 15 is 0 Å². The van der Waals surface area contributed by atoms with E-state index in [2.05, 4.69) is 5.32 Å². The third kappa shape index (κ3) is 3.37. The van der Waals surface area contributed by atoms with E-state index in [1.165, 1.54) is 6.92 Å². The van der Waals surface area contributed by atoms with Crippen LogP contribution in [0, 0.1) is 0 Å². The Morgan fingerprint density at radius 3 is 2.84 bits per heavy atom. The van der Waals surface area contributed by atoms with Crippen LogP contribution in [0.2, 0.25) is 0 Å². The molecule has 1 heterocycles. The van der Waals surface area contributed by atoms with Crippen LogP contribution < -0.4 is 14.8 Å². The Balaban J connectivity index is 1.85. The van der Waals surface area contributed by atoms with Crippen molar-refractivity contribution in [3.8, 4) is 11.5 Å². The molecule has 1 unspecified atom stereocenters. The highest BCUT2D eigenvalue weighted by Gasteiger charge is 2.15. The molecule has 6 heteroatoms. The number of nitrogens with one attached hydrogen (secondary N) is 1. The summed E-state index contributed by atoms with van der Waals surface area (Å²) < 4.78 is 10.4. The molecule has 0 saturated carbocycles. The molecule has 0 radical (unpaired) electrons. The minimum Gasteiger partial charge on any atom is -0.480 e. The first-order valence-electron chi connectivity index (χ1n) is 5.97. The van der Waals surface area contributed by atoms with Crippen molar-refractivity contribution in [2.45, 2.75) is 25.8 Å². The third-order valence-corrected chi connectivity index (χ3v) is 2.83. The molecule has 2 N–H and O–H groups in total. The number of carbonyl (C=O) groups is 2. The number of carboxylic acids is 1. The van der Waals surface area contributed by atoms with Crippen molar-refractivity contribution in [3.63, 3.8) is 0 Å². The second kappa shape index (κ2) is 5.60. The summed E-state index contributed by atoms with van der Waals surface area (Å²) in [5, 5.41) is 11.1. The van der Waals surface area contributed by atoms with Crippen LogP contribution in [0.3, 0.4) is 0 Å². The van der Waals surface area contributed by atoms with Gasteiger partial charge in [0.25, 0.3) is 0 Å². The zero-order chi connectivity index (χ0) is 13.8. The summed E-state index contributed by atoms with van der Waals surface area (Å²) in [7, 11) is 0. The molecule has 0 aliphatic carbocycles. The molecule has 0 bridgehead atoms. The van der Waals surface area contributed by atoms with Gasteiger partial charge in [-0.3, -0.25) is 9.59 Å². The van der Waals surface area contributed by atoms with Crippen LogP contribution in [-0.4, -0.2) is 29.8 Å². The van der Waals surface area contributed by atoms with Gasteiger partial charge in [0, 0.05) is 6.42 Å². The monoisotopic (exact) mass is 265 g/mol. The van der Waals surface area contributed by atoms with Crippen LogP contribution in [-0.2, 0) is 16.0 Å². The second-order valence-corrected chi connectivity index (χ2v) is 4.32. The highest BCUT2D eigenvalue weighted by atomic mass is 16.7. The maximum atomic E-state index is 11.5. The predicted octanol–water partition coefficient (Wildman–Crippen LogP) is 0.937. The summed E-state index contributed by atoms with van der Waals surface area (Å²) in [4.78, 5) is 22.1. The second-order valence-electron chi connectivity index (χ2n) is 4.32. The number of carboxylic acid groups (broad SMARTS) is 1. The lowest BCUT2D eigenvalue weighted by Gasteiger charge is -2.09. The Morgan fingerprint density at radius 2 is 2.11 bits per heavy atom. The van der Waals surface area contributed by atoms with Crippen molar-refractivity contribution in [1.29, 1.82) is 0 Å². The first-order valence-corrected chi connectivity index (χ1v) is 5.97. The van der Waals surface area contributed by atoms with Crippen molar-refractivity contribution < 1.29 is 24.2 Å². The van der Waals surface area contributed by atoms with Crippen LogP contribution in [0.15, 0.2) is 18.2 Å². The minimum absolute atomic E-state index is 0.218. The standard InChI is InChI=1S/C13H15NO5/c1-8(13(16)17)14-12(15)5-3-9-2-4-10-11(6-9)19-7-18-10/h2,4,6,8H,3,5,7H2,1H3,(H,14,15)(H,16,17). The molecule has 0 aromatic heterocycles. The van der Waals surface area contributed by atoms with E-state index in [1.807, 2.05) is 12.1 Å². The number of aliphatic carboxylic acids is 1. The van der Waals surface area contributed by atoms with Gasteiger partial charge in [-0.2, -0.15) is 0 Å². The topological polar surface area (TPSA) is 84.9 Å². The van der Waals surface area contributed by atoms with Gasteiger partial charge in [-0.25, -0.2) is 0 Å². The van der Waals surface area contributed by atoms with Gasteiger partial charge < -0.3 is 19.9 Å². The quantitative estimate of drug-likeness (QED) is 0.827. The normalized spacial score (nSPS) is 13.9. The SMILES string of the molecule is CC(NC(=O)CCc1ccc2c(c1)OCO2)C(=O)O. The molecule has 0 spiro atoms. The summed E-state index contributed by atoms with van der Waals surface area (Å²) >= 11 is 0. The molecular formula is C13H15NO5. The van der Waals surface area contributed by atoms with Crippen molar-refractivity contribution in [3.05, 3.63) is 23.8 Å². The number of rotatable bonds is 5. The fourth-order valence-electron chi connectivity index (χ4n) is 1.73. The molecule has 1 aliphatic rings. The molecule has 0 fully saturated rings. The third-order valence-electron chi connectivity index (χ3n) is 2.83. The van der Waals surface area contributed by atoms with Crippen molar-refractivity contribution >= 4 is 11.9 Å². The van der Waals surface area contributed by atoms with Gasteiger partial charge in [-0.1, -0.05) is 6.07 Å². The molecule has 19 heavy (non-hydrogen) atoms. The Hall–Kier alpha value is -2.24. The Kier molecular flexibility index (Phi) is 3.89. The Morgan fingerprint density at radius 1 is 1.37 bits per heavy atom. The highest BCUT2D eigenvalue weighted by Crippen LogP contribution is 2.32. The summed E-state index contributed by atoms with van der Waals surface area (Å²) in [6, 6.07) is 4.62. The minimum atomic E-state index is -1.04.